The van der Waals surface area contributed by atoms with Gasteiger partial charge in [0.05, 0.1) is 5.52 Å². The van der Waals surface area contributed by atoms with Crippen LogP contribution in [0, 0.1) is 4.77 Å². The Kier molecular flexibility index (Phi) is 4.18. The number of H-pyrrole nitrogens is 1. The van der Waals surface area contributed by atoms with Crippen molar-refractivity contribution in [1.29, 1.82) is 0 Å². The molecule has 0 aliphatic carbocycles. The van der Waals surface area contributed by atoms with Crippen LogP contribution in [-0.4, -0.2) is 16.5 Å². The molecule has 1 aromatic heterocycles. The van der Waals surface area contributed by atoms with Crippen molar-refractivity contribution in [2.75, 3.05) is 11.9 Å². The monoisotopic (exact) mass is 315 g/mol. The average Bonchev–Trinajstić information content (AvgIpc) is 2.49. The van der Waals surface area contributed by atoms with Gasteiger partial charge in [0, 0.05) is 17.0 Å². The third-order valence-corrected chi connectivity index (χ3v) is 3.70. The molecule has 0 unspecified atom stereocenters. The average molecular weight is 316 g/mol. The first-order chi connectivity index (χ1) is 10.2. The quantitative estimate of drug-likeness (QED) is 0.691. The lowest BCUT2D eigenvalue weighted by molar-refractivity contribution is 1.00. The first-order valence-corrected chi connectivity index (χ1v) is 7.48. The first-order valence-electron chi connectivity index (χ1n) is 6.70. The molecule has 0 atom stereocenters. The number of benzene rings is 2. The maximum Gasteiger partial charge on any atom is 0.199 e. The van der Waals surface area contributed by atoms with E-state index in [1.165, 1.54) is 5.56 Å². The number of aromatic amines is 1. The van der Waals surface area contributed by atoms with E-state index >= 15 is 0 Å². The van der Waals surface area contributed by atoms with E-state index in [4.69, 9.17) is 23.8 Å². The number of hydrogen-bond acceptors (Lipinski definition) is 3. The fraction of sp³-hybridized carbons (Fsp3) is 0.125. The summed E-state index contributed by atoms with van der Waals surface area (Å²) in [5, 5.41) is 5.16. The van der Waals surface area contributed by atoms with Crippen molar-refractivity contribution in [1.82, 2.24) is 9.97 Å². The second-order valence-electron chi connectivity index (χ2n) is 4.74. The highest BCUT2D eigenvalue weighted by molar-refractivity contribution is 7.71. The zero-order chi connectivity index (χ0) is 14.7. The molecule has 0 aliphatic heterocycles. The molecule has 0 fully saturated rings. The normalized spacial score (nSPS) is 10.7. The van der Waals surface area contributed by atoms with E-state index in [0.717, 1.165) is 34.7 Å². The van der Waals surface area contributed by atoms with Gasteiger partial charge in [0.2, 0.25) is 0 Å². The van der Waals surface area contributed by atoms with Gasteiger partial charge < -0.3 is 10.3 Å². The Morgan fingerprint density at radius 3 is 2.67 bits per heavy atom. The van der Waals surface area contributed by atoms with E-state index in [1.807, 2.05) is 48.5 Å². The molecule has 2 aromatic carbocycles. The molecule has 0 amide bonds. The molecule has 21 heavy (non-hydrogen) atoms. The van der Waals surface area contributed by atoms with Crippen molar-refractivity contribution in [3.05, 3.63) is 63.9 Å². The van der Waals surface area contributed by atoms with Crippen molar-refractivity contribution < 1.29 is 0 Å². The minimum absolute atomic E-state index is 0.489. The third-order valence-electron chi connectivity index (χ3n) is 3.26. The summed E-state index contributed by atoms with van der Waals surface area (Å²) in [4.78, 5) is 7.47. The van der Waals surface area contributed by atoms with Crippen LogP contribution in [0.4, 0.5) is 5.82 Å². The first kappa shape index (κ1) is 14.0. The van der Waals surface area contributed by atoms with Crippen LogP contribution in [-0.2, 0) is 6.42 Å². The Morgan fingerprint density at radius 1 is 1.10 bits per heavy atom. The van der Waals surface area contributed by atoms with Gasteiger partial charge in [-0.3, -0.25) is 0 Å². The number of nitrogens with one attached hydrogen (secondary N) is 2. The summed E-state index contributed by atoms with van der Waals surface area (Å²) in [6.07, 6.45) is 0.901. The van der Waals surface area contributed by atoms with Crippen molar-refractivity contribution in [2.45, 2.75) is 6.42 Å². The van der Waals surface area contributed by atoms with Crippen LogP contribution in [0.5, 0.6) is 0 Å². The molecule has 0 radical (unpaired) electrons. The number of aromatic nitrogens is 2. The molecule has 106 valence electrons. The molecule has 0 aliphatic rings. The van der Waals surface area contributed by atoms with Gasteiger partial charge in [-0.05, 0) is 48.5 Å². The molecule has 3 nitrogen and oxygen atoms in total. The highest BCUT2D eigenvalue weighted by atomic mass is 35.5. The molecule has 2 N–H and O–H groups in total. The summed E-state index contributed by atoms with van der Waals surface area (Å²) in [7, 11) is 0. The van der Waals surface area contributed by atoms with Gasteiger partial charge in [-0.1, -0.05) is 35.9 Å². The molecule has 0 spiro atoms. The lowest BCUT2D eigenvalue weighted by atomic mass is 10.1. The number of anilines is 1. The van der Waals surface area contributed by atoms with Gasteiger partial charge in [-0.25, -0.2) is 4.98 Å². The number of halogens is 1. The lowest BCUT2D eigenvalue weighted by Gasteiger charge is -2.09. The van der Waals surface area contributed by atoms with Crippen LogP contribution in [0.15, 0.2) is 48.5 Å². The Hall–Kier alpha value is -1.91. The van der Waals surface area contributed by atoms with E-state index in [2.05, 4.69) is 15.3 Å². The molecule has 3 rings (SSSR count). The summed E-state index contributed by atoms with van der Waals surface area (Å²) in [6.45, 7) is 0.789. The number of fused-ring (bicyclic) bond motifs is 1. The second-order valence-corrected chi connectivity index (χ2v) is 5.56. The topological polar surface area (TPSA) is 40.7 Å². The molecule has 5 heteroatoms. The zero-order valence-corrected chi connectivity index (χ0v) is 12.8. The smallest absolute Gasteiger partial charge is 0.199 e. The summed E-state index contributed by atoms with van der Waals surface area (Å²) in [5.41, 5.74) is 2.23. The van der Waals surface area contributed by atoms with Crippen LogP contribution in [0.3, 0.4) is 0 Å². The largest absolute Gasteiger partial charge is 0.369 e. The molecule has 0 bridgehead atoms. The summed E-state index contributed by atoms with van der Waals surface area (Å²) >= 11 is 11.0. The van der Waals surface area contributed by atoms with Gasteiger partial charge in [-0.2, -0.15) is 0 Å². The predicted molar refractivity (Wildman–Crippen MR) is 90.6 cm³/mol. The van der Waals surface area contributed by atoms with Crippen LogP contribution in [0.2, 0.25) is 5.02 Å². The van der Waals surface area contributed by atoms with Crippen molar-refractivity contribution in [3.63, 3.8) is 0 Å². The number of nitrogens with zero attached hydrogens (tertiary/aromatic N) is 1. The van der Waals surface area contributed by atoms with E-state index in [0.29, 0.717) is 4.77 Å². The van der Waals surface area contributed by atoms with Crippen LogP contribution >= 0.6 is 23.8 Å². The Balaban J connectivity index is 1.76. The van der Waals surface area contributed by atoms with E-state index in [-0.39, 0.29) is 0 Å². The molecule has 1 heterocycles. The maximum atomic E-state index is 5.88. The fourth-order valence-corrected chi connectivity index (χ4v) is 2.54. The Morgan fingerprint density at radius 2 is 1.86 bits per heavy atom. The highest BCUT2D eigenvalue weighted by Crippen LogP contribution is 2.19. The SMILES string of the molecule is S=c1nc(NCCc2ccc(Cl)cc2)c2ccccc2[nH]1. The van der Waals surface area contributed by atoms with E-state index in [9.17, 15) is 0 Å². The Labute approximate surface area is 133 Å². The minimum atomic E-state index is 0.489. The van der Waals surface area contributed by atoms with Crippen molar-refractivity contribution >= 4 is 40.5 Å². The molecular formula is C16H14ClN3S. The maximum absolute atomic E-state index is 5.88. The standard InChI is InChI=1S/C16H14ClN3S/c17-12-7-5-11(6-8-12)9-10-18-15-13-3-1-2-4-14(13)19-16(21)20-15/h1-8H,9-10H2,(H2,18,19,20,21). The van der Waals surface area contributed by atoms with Gasteiger partial charge >= 0.3 is 0 Å². The number of para-hydroxylation sites is 1. The molecule has 0 saturated carbocycles. The minimum Gasteiger partial charge on any atom is -0.369 e. The van der Waals surface area contributed by atoms with Crippen LogP contribution in [0.1, 0.15) is 5.56 Å². The van der Waals surface area contributed by atoms with Crippen molar-refractivity contribution in [3.8, 4) is 0 Å². The summed E-state index contributed by atoms with van der Waals surface area (Å²) in [5.74, 6) is 0.823. The summed E-state index contributed by atoms with van der Waals surface area (Å²) in [6, 6.07) is 15.9. The lowest BCUT2D eigenvalue weighted by Crippen LogP contribution is -2.07. The van der Waals surface area contributed by atoms with Crippen molar-refractivity contribution in [2.24, 2.45) is 0 Å². The molecule has 3 aromatic rings. The van der Waals surface area contributed by atoms with E-state index < -0.39 is 0 Å². The van der Waals surface area contributed by atoms with Gasteiger partial charge in [0.1, 0.15) is 5.82 Å². The third kappa shape index (κ3) is 3.40. The summed E-state index contributed by atoms with van der Waals surface area (Å²) < 4.78 is 0.489. The van der Waals surface area contributed by atoms with Crippen LogP contribution in [0.25, 0.3) is 10.9 Å². The predicted octanol–water partition coefficient (Wildman–Crippen LogP) is 4.60. The Bertz CT molecular complexity index is 812. The van der Waals surface area contributed by atoms with Gasteiger partial charge in [0.15, 0.2) is 4.77 Å². The number of hydrogen-bond donors (Lipinski definition) is 2. The van der Waals surface area contributed by atoms with Gasteiger partial charge in [-0.15, -0.1) is 0 Å². The fourth-order valence-electron chi connectivity index (χ4n) is 2.21. The van der Waals surface area contributed by atoms with Gasteiger partial charge in [0.25, 0.3) is 0 Å². The van der Waals surface area contributed by atoms with E-state index in [1.54, 1.807) is 0 Å². The zero-order valence-electron chi connectivity index (χ0n) is 11.3. The van der Waals surface area contributed by atoms with Crippen LogP contribution < -0.4 is 5.32 Å². The molecular weight excluding hydrogens is 302 g/mol. The second kappa shape index (κ2) is 6.24. The highest BCUT2D eigenvalue weighted by Gasteiger charge is 2.02. The molecule has 0 saturated heterocycles. The number of rotatable bonds is 4.